The minimum Gasteiger partial charge on any atom is -0.336 e. The van der Waals surface area contributed by atoms with Crippen LogP contribution in [0.15, 0.2) is 67.5 Å². The van der Waals surface area contributed by atoms with Gasteiger partial charge in [0.15, 0.2) is 11.5 Å². The summed E-state index contributed by atoms with van der Waals surface area (Å²) in [6.07, 6.45) is 8.30. The van der Waals surface area contributed by atoms with Crippen molar-refractivity contribution in [1.29, 1.82) is 0 Å². The highest BCUT2D eigenvalue weighted by molar-refractivity contribution is 5.96. The van der Waals surface area contributed by atoms with Gasteiger partial charge in [-0.3, -0.25) is 10.1 Å². The Balaban J connectivity index is 1.53. The molecule has 5 heterocycles. The molecular weight excluding hydrogens is 395 g/mol. The number of aromatic amines is 2. The molecule has 0 amide bonds. The third-order valence-corrected chi connectivity index (χ3v) is 5.06. The van der Waals surface area contributed by atoms with E-state index in [-0.39, 0.29) is 5.82 Å². The Bertz CT molecular complexity index is 1550. The molecule has 0 unspecified atom stereocenters. The minimum absolute atomic E-state index is 0.351. The number of rotatable bonds is 3. The van der Waals surface area contributed by atoms with Crippen LogP contribution in [0.5, 0.6) is 0 Å². The molecule has 0 atom stereocenters. The zero-order valence-corrected chi connectivity index (χ0v) is 15.9. The lowest BCUT2D eigenvalue weighted by atomic mass is 10.1. The zero-order chi connectivity index (χ0) is 20.8. The van der Waals surface area contributed by atoms with Crippen molar-refractivity contribution in [1.82, 2.24) is 40.1 Å². The summed E-state index contributed by atoms with van der Waals surface area (Å²) in [7, 11) is 0. The van der Waals surface area contributed by atoms with Gasteiger partial charge in [0.2, 0.25) is 0 Å². The van der Waals surface area contributed by atoms with Gasteiger partial charge in [-0.2, -0.15) is 5.10 Å². The van der Waals surface area contributed by atoms with E-state index in [9.17, 15) is 4.39 Å². The summed E-state index contributed by atoms with van der Waals surface area (Å²) < 4.78 is 14.4. The lowest BCUT2D eigenvalue weighted by Gasteiger charge is -2.02. The number of benzene rings is 1. The predicted octanol–water partition coefficient (Wildman–Crippen LogP) is 4.16. The third kappa shape index (κ3) is 2.83. The van der Waals surface area contributed by atoms with Crippen LogP contribution in [0.4, 0.5) is 4.39 Å². The first kappa shape index (κ1) is 17.3. The molecule has 9 heteroatoms. The first-order valence-corrected chi connectivity index (χ1v) is 9.47. The lowest BCUT2D eigenvalue weighted by molar-refractivity contribution is 0.631. The average molecular weight is 408 g/mol. The molecule has 2 N–H and O–H groups in total. The van der Waals surface area contributed by atoms with Crippen LogP contribution in [0.3, 0.4) is 0 Å². The van der Waals surface area contributed by atoms with Gasteiger partial charge in [0.05, 0.1) is 10.9 Å². The maximum atomic E-state index is 14.4. The molecule has 0 aliphatic heterocycles. The highest BCUT2D eigenvalue weighted by atomic mass is 19.1. The minimum atomic E-state index is -0.351. The van der Waals surface area contributed by atoms with Crippen LogP contribution in [-0.4, -0.2) is 40.1 Å². The van der Waals surface area contributed by atoms with Gasteiger partial charge in [-0.25, -0.2) is 24.3 Å². The molecule has 0 spiro atoms. The molecule has 5 aromatic heterocycles. The van der Waals surface area contributed by atoms with Crippen molar-refractivity contribution in [3.63, 3.8) is 0 Å². The zero-order valence-electron chi connectivity index (χ0n) is 15.9. The molecule has 148 valence electrons. The molecule has 31 heavy (non-hydrogen) atoms. The fourth-order valence-electron chi connectivity index (χ4n) is 3.59. The maximum absolute atomic E-state index is 14.4. The number of nitrogens with one attached hydrogen (secondary N) is 2. The molecule has 1 aromatic carbocycles. The standard InChI is InChI=1S/C22H13FN8/c23-16-4-2-1-3-14(16)18-20-17(5-6-26-18)28-22(29-20)19-15-7-12(10-27-21(15)31-30-19)13-8-24-11-25-9-13/h1-11H,(H,28,29)(H,27,30,31). The average Bonchev–Trinajstić information content (AvgIpc) is 3.43. The van der Waals surface area contributed by atoms with Gasteiger partial charge in [-0.15, -0.1) is 0 Å². The predicted molar refractivity (Wildman–Crippen MR) is 113 cm³/mol. The summed E-state index contributed by atoms with van der Waals surface area (Å²) in [6, 6.07) is 10.3. The molecule has 0 saturated heterocycles. The summed E-state index contributed by atoms with van der Waals surface area (Å²) in [4.78, 5) is 24.9. The van der Waals surface area contributed by atoms with Crippen LogP contribution in [0.2, 0.25) is 0 Å². The van der Waals surface area contributed by atoms with E-state index in [2.05, 4.69) is 35.1 Å². The SMILES string of the molecule is Fc1ccccc1-c1nccc2[nH]c(-c3n[nH]c4ncc(-c5cncnc5)cc34)nc12. The van der Waals surface area contributed by atoms with Crippen molar-refractivity contribution in [3.8, 4) is 33.9 Å². The van der Waals surface area contributed by atoms with Gasteiger partial charge < -0.3 is 4.98 Å². The number of halogens is 1. The van der Waals surface area contributed by atoms with Crippen LogP contribution in [0, 0.1) is 5.82 Å². The van der Waals surface area contributed by atoms with E-state index < -0.39 is 0 Å². The van der Waals surface area contributed by atoms with Gasteiger partial charge in [-0.05, 0) is 24.3 Å². The second-order valence-corrected chi connectivity index (χ2v) is 6.94. The number of pyridine rings is 2. The Morgan fingerprint density at radius 1 is 0.871 bits per heavy atom. The summed E-state index contributed by atoms with van der Waals surface area (Å²) >= 11 is 0. The lowest BCUT2D eigenvalue weighted by Crippen LogP contribution is -1.89. The van der Waals surface area contributed by atoms with Crippen LogP contribution in [-0.2, 0) is 0 Å². The van der Waals surface area contributed by atoms with Crippen LogP contribution in [0.25, 0.3) is 56.0 Å². The smallest absolute Gasteiger partial charge is 0.159 e. The Kier molecular flexibility index (Phi) is 3.79. The van der Waals surface area contributed by atoms with Crippen molar-refractivity contribution >= 4 is 22.1 Å². The number of aromatic nitrogens is 8. The fourth-order valence-corrected chi connectivity index (χ4v) is 3.59. The summed E-state index contributed by atoms with van der Waals surface area (Å²) in [6.45, 7) is 0. The van der Waals surface area contributed by atoms with Crippen molar-refractivity contribution in [2.45, 2.75) is 0 Å². The van der Waals surface area contributed by atoms with E-state index in [0.29, 0.717) is 33.9 Å². The van der Waals surface area contributed by atoms with Crippen LogP contribution in [0.1, 0.15) is 0 Å². The monoisotopic (exact) mass is 408 g/mol. The van der Waals surface area contributed by atoms with Crippen LogP contribution >= 0.6 is 0 Å². The maximum Gasteiger partial charge on any atom is 0.159 e. The number of hydrogen-bond donors (Lipinski definition) is 2. The summed E-state index contributed by atoms with van der Waals surface area (Å²) in [5, 5.41) is 8.14. The van der Waals surface area contributed by atoms with E-state index in [4.69, 9.17) is 4.98 Å². The molecule has 8 nitrogen and oxygen atoms in total. The fraction of sp³-hybridized carbons (Fsp3) is 0. The topological polar surface area (TPSA) is 109 Å². The van der Waals surface area contributed by atoms with Crippen molar-refractivity contribution in [2.24, 2.45) is 0 Å². The molecule has 0 aliphatic carbocycles. The Hall–Kier alpha value is -4.53. The number of H-pyrrole nitrogens is 2. The number of imidazole rings is 1. The molecular formula is C22H13FN8. The Morgan fingerprint density at radius 2 is 1.74 bits per heavy atom. The quantitative estimate of drug-likeness (QED) is 0.455. The van der Waals surface area contributed by atoms with E-state index >= 15 is 0 Å². The summed E-state index contributed by atoms with van der Waals surface area (Å²) in [5.74, 6) is 0.186. The van der Waals surface area contributed by atoms with Gasteiger partial charge >= 0.3 is 0 Å². The molecule has 0 bridgehead atoms. The van der Waals surface area contributed by atoms with Crippen molar-refractivity contribution < 1.29 is 4.39 Å². The van der Waals surface area contributed by atoms with E-state index in [0.717, 1.165) is 22.0 Å². The molecule has 0 aliphatic rings. The van der Waals surface area contributed by atoms with Crippen LogP contribution < -0.4 is 0 Å². The second kappa shape index (κ2) is 6.77. The Labute approximate surface area is 174 Å². The summed E-state index contributed by atoms with van der Waals surface area (Å²) in [5.41, 5.74) is 5.12. The van der Waals surface area contributed by atoms with E-state index in [1.54, 1.807) is 49.1 Å². The first-order valence-electron chi connectivity index (χ1n) is 9.47. The molecule has 0 fully saturated rings. The molecule has 0 radical (unpaired) electrons. The Morgan fingerprint density at radius 3 is 2.61 bits per heavy atom. The van der Waals surface area contributed by atoms with E-state index in [1.807, 2.05) is 6.07 Å². The van der Waals surface area contributed by atoms with Crippen molar-refractivity contribution in [3.05, 3.63) is 73.3 Å². The van der Waals surface area contributed by atoms with Gasteiger partial charge in [0.25, 0.3) is 0 Å². The van der Waals surface area contributed by atoms with Crippen molar-refractivity contribution in [2.75, 3.05) is 0 Å². The normalized spacial score (nSPS) is 11.4. The second-order valence-electron chi connectivity index (χ2n) is 6.94. The third-order valence-electron chi connectivity index (χ3n) is 5.06. The highest BCUT2D eigenvalue weighted by Gasteiger charge is 2.18. The van der Waals surface area contributed by atoms with E-state index in [1.165, 1.54) is 12.4 Å². The molecule has 6 rings (SSSR count). The number of nitrogens with zero attached hydrogens (tertiary/aromatic N) is 6. The first-order chi connectivity index (χ1) is 15.3. The van der Waals surface area contributed by atoms with Gasteiger partial charge in [-0.1, -0.05) is 12.1 Å². The number of hydrogen-bond acceptors (Lipinski definition) is 6. The van der Waals surface area contributed by atoms with Gasteiger partial charge in [0, 0.05) is 41.5 Å². The number of fused-ring (bicyclic) bond motifs is 2. The molecule has 6 aromatic rings. The largest absolute Gasteiger partial charge is 0.336 e. The van der Waals surface area contributed by atoms with Gasteiger partial charge in [0.1, 0.15) is 29.0 Å². The highest BCUT2D eigenvalue weighted by Crippen LogP contribution is 2.32. The molecule has 0 saturated carbocycles.